The van der Waals surface area contributed by atoms with Gasteiger partial charge in [-0.2, -0.15) is 0 Å². The van der Waals surface area contributed by atoms with Crippen LogP contribution in [0.3, 0.4) is 0 Å². The molecule has 3 nitrogen and oxygen atoms in total. The lowest BCUT2D eigenvalue weighted by Crippen LogP contribution is -2.51. The van der Waals surface area contributed by atoms with E-state index in [1.54, 1.807) is 5.57 Å². The summed E-state index contributed by atoms with van der Waals surface area (Å²) >= 11 is 0. The third-order valence-corrected chi connectivity index (χ3v) is 11.2. The molecule has 4 rings (SSSR count). The van der Waals surface area contributed by atoms with E-state index < -0.39 is 6.16 Å². The Hall–Kier alpha value is -0.990. The Morgan fingerprint density at radius 2 is 1.83 bits per heavy atom. The maximum Gasteiger partial charge on any atom is 0.508 e. The van der Waals surface area contributed by atoms with Crippen molar-refractivity contribution < 1.29 is 14.3 Å². The lowest BCUT2D eigenvalue weighted by atomic mass is 9.47. The Morgan fingerprint density at radius 1 is 1.03 bits per heavy atom. The van der Waals surface area contributed by atoms with E-state index in [9.17, 15) is 4.79 Å². The van der Waals surface area contributed by atoms with Crippen molar-refractivity contribution in [2.45, 2.75) is 131 Å². The van der Waals surface area contributed by atoms with E-state index in [4.69, 9.17) is 9.47 Å². The molecule has 0 aromatic heterocycles. The Labute approximate surface area is 216 Å². The van der Waals surface area contributed by atoms with Crippen molar-refractivity contribution in [3.8, 4) is 0 Å². The molecule has 4 aliphatic rings. The van der Waals surface area contributed by atoms with Gasteiger partial charge in [0.2, 0.25) is 0 Å². The molecule has 3 heteroatoms. The first-order chi connectivity index (χ1) is 16.7. The molecular formula is C32H54O3. The maximum atomic E-state index is 12.1. The average Bonchev–Trinajstić information content (AvgIpc) is 3.16. The van der Waals surface area contributed by atoms with Crippen LogP contribution in [-0.2, 0) is 9.47 Å². The standard InChI is InChI=1S/C32H54O3/c1-7-8-20-34-30(33)35-25-16-18-31(5)24(21-25)12-13-26-28-15-14-27(23(4)11-9-10-22(2)3)32(28,6)19-17-29(26)31/h12,22-23,25-29H,7-11,13-21H2,1-6H3/t23-,25?,26+,27-,28+,29+,31+,32-/m1/s1. The lowest BCUT2D eigenvalue weighted by molar-refractivity contribution is -0.0617. The highest BCUT2D eigenvalue weighted by Crippen LogP contribution is 2.67. The minimum atomic E-state index is -0.464. The fourth-order valence-corrected chi connectivity index (χ4v) is 9.22. The third-order valence-electron chi connectivity index (χ3n) is 11.2. The Kier molecular flexibility index (Phi) is 8.64. The molecule has 4 aliphatic carbocycles. The smallest absolute Gasteiger partial charge is 0.434 e. The second kappa shape index (κ2) is 11.2. The zero-order chi connectivity index (χ0) is 25.2. The number of rotatable bonds is 9. The van der Waals surface area contributed by atoms with E-state index >= 15 is 0 Å². The Morgan fingerprint density at radius 3 is 2.57 bits per heavy atom. The van der Waals surface area contributed by atoms with E-state index in [1.807, 2.05) is 0 Å². The van der Waals surface area contributed by atoms with Gasteiger partial charge in [-0.1, -0.05) is 78.9 Å². The maximum absolute atomic E-state index is 12.1. The molecule has 1 unspecified atom stereocenters. The van der Waals surface area contributed by atoms with Crippen molar-refractivity contribution in [1.29, 1.82) is 0 Å². The summed E-state index contributed by atoms with van der Waals surface area (Å²) in [6.45, 7) is 15.1. The number of ether oxygens (including phenoxy) is 2. The molecule has 0 aromatic carbocycles. The summed E-state index contributed by atoms with van der Waals surface area (Å²) in [7, 11) is 0. The van der Waals surface area contributed by atoms with Gasteiger partial charge in [-0.15, -0.1) is 0 Å². The molecule has 0 aliphatic heterocycles. The van der Waals surface area contributed by atoms with Crippen molar-refractivity contribution in [3.63, 3.8) is 0 Å². The van der Waals surface area contributed by atoms with Crippen molar-refractivity contribution in [2.75, 3.05) is 6.61 Å². The molecule has 0 radical (unpaired) electrons. The molecule has 3 saturated carbocycles. The first-order valence-corrected chi connectivity index (χ1v) is 15.2. The summed E-state index contributed by atoms with van der Waals surface area (Å²) < 4.78 is 11.0. The van der Waals surface area contributed by atoms with Crippen molar-refractivity contribution in [1.82, 2.24) is 0 Å². The highest BCUT2D eigenvalue weighted by atomic mass is 16.7. The fraction of sp³-hybridized carbons (Fsp3) is 0.906. The highest BCUT2D eigenvalue weighted by Gasteiger charge is 2.59. The monoisotopic (exact) mass is 486 g/mol. The average molecular weight is 487 g/mol. The minimum absolute atomic E-state index is 0.00333. The summed E-state index contributed by atoms with van der Waals surface area (Å²) in [5, 5.41) is 0. The van der Waals surface area contributed by atoms with Gasteiger partial charge in [0, 0.05) is 6.42 Å². The molecule has 0 saturated heterocycles. The predicted octanol–water partition coefficient (Wildman–Crippen LogP) is 9.35. The van der Waals surface area contributed by atoms with Crippen LogP contribution in [0.15, 0.2) is 11.6 Å². The van der Waals surface area contributed by atoms with Crippen LogP contribution in [0.25, 0.3) is 0 Å². The zero-order valence-electron chi connectivity index (χ0n) is 23.7. The lowest BCUT2D eigenvalue weighted by Gasteiger charge is -2.58. The van der Waals surface area contributed by atoms with E-state index in [0.29, 0.717) is 17.4 Å². The van der Waals surface area contributed by atoms with Crippen molar-refractivity contribution >= 4 is 6.16 Å². The second-order valence-electron chi connectivity index (χ2n) is 13.7. The first-order valence-electron chi connectivity index (χ1n) is 15.2. The molecule has 0 spiro atoms. The zero-order valence-corrected chi connectivity index (χ0v) is 23.7. The van der Waals surface area contributed by atoms with Gasteiger partial charge >= 0.3 is 6.16 Å². The van der Waals surface area contributed by atoms with Crippen molar-refractivity contribution in [2.24, 2.45) is 46.3 Å². The molecular weight excluding hydrogens is 432 g/mol. The predicted molar refractivity (Wildman–Crippen MR) is 144 cm³/mol. The number of allylic oxidation sites excluding steroid dienone is 1. The fourth-order valence-electron chi connectivity index (χ4n) is 9.22. The van der Waals surface area contributed by atoms with Crippen LogP contribution in [0.4, 0.5) is 4.79 Å². The van der Waals surface area contributed by atoms with E-state index in [0.717, 1.165) is 67.6 Å². The molecule has 0 heterocycles. The van der Waals surface area contributed by atoms with Crippen LogP contribution < -0.4 is 0 Å². The minimum Gasteiger partial charge on any atom is -0.434 e. The van der Waals surface area contributed by atoms with Gasteiger partial charge in [0.15, 0.2) is 0 Å². The number of hydrogen-bond acceptors (Lipinski definition) is 3. The summed E-state index contributed by atoms with van der Waals surface area (Å²) in [6.07, 6.45) is 18.3. The normalized spacial score (nSPS) is 39.3. The molecule has 0 N–H and O–H groups in total. The summed E-state index contributed by atoms with van der Waals surface area (Å²) in [5.41, 5.74) is 2.43. The van der Waals surface area contributed by atoms with Gasteiger partial charge in [0.05, 0.1) is 6.61 Å². The van der Waals surface area contributed by atoms with Gasteiger partial charge in [-0.05, 0) is 97.7 Å². The summed E-state index contributed by atoms with van der Waals surface area (Å²) in [4.78, 5) is 12.1. The molecule has 200 valence electrons. The van der Waals surface area contributed by atoms with Crippen LogP contribution >= 0.6 is 0 Å². The third kappa shape index (κ3) is 5.49. The van der Waals surface area contributed by atoms with Crippen LogP contribution in [-0.4, -0.2) is 18.9 Å². The van der Waals surface area contributed by atoms with Gasteiger partial charge in [0.1, 0.15) is 6.10 Å². The number of unbranched alkanes of at least 4 members (excludes halogenated alkanes) is 1. The van der Waals surface area contributed by atoms with Crippen LogP contribution in [0, 0.1) is 46.3 Å². The van der Waals surface area contributed by atoms with E-state index in [2.05, 4.69) is 47.6 Å². The topological polar surface area (TPSA) is 35.5 Å². The molecule has 0 aromatic rings. The SMILES string of the molecule is CCCCOC(=O)OC1CC[C@@]2(C)C(=CC[C@H]3[C@@H]4CC[C@H]([C@H](C)CCCC(C)C)[C@@]4(C)CC[C@@H]32)C1. The number of hydrogen-bond donors (Lipinski definition) is 0. The largest absolute Gasteiger partial charge is 0.508 e. The van der Waals surface area contributed by atoms with Gasteiger partial charge in [-0.25, -0.2) is 4.79 Å². The number of carbonyl (C=O) groups is 1. The van der Waals surface area contributed by atoms with Crippen molar-refractivity contribution in [3.05, 3.63) is 11.6 Å². The van der Waals surface area contributed by atoms with E-state index in [-0.39, 0.29) is 6.10 Å². The summed E-state index contributed by atoms with van der Waals surface area (Å²) in [5.74, 6) is 5.19. The quantitative estimate of drug-likeness (QED) is 0.185. The Bertz CT molecular complexity index is 756. The molecule has 0 bridgehead atoms. The molecule has 8 atom stereocenters. The van der Waals surface area contributed by atoms with Crippen LogP contribution in [0.1, 0.15) is 125 Å². The van der Waals surface area contributed by atoms with Gasteiger partial charge < -0.3 is 9.47 Å². The van der Waals surface area contributed by atoms with Gasteiger partial charge in [-0.3, -0.25) is 0 Å². The number of fused-ring (bicyclic) bond motifs is 5. The molecule has 3 fully saturated rings. The highest BCUT2D eigenvalue weighted by molar-refractivity contribution is 5.60. The summed E-state index contributed by atoms with van der Waals surface area (Å²) in [6, 6.07) is 0. The van der Waals surface area contributed by atoms with Crippen LogP contribution in [0.5, 0.6) is 0 Å². The molecule has 35 heavy (non-hydrogen) atoms. The second-order valence-corrected chi connectivity index (χ2v) is 13.7. The Balaban J connectivity index is 1.39. The van der Waals surface area contributed by atoms with E-state index in [1.165, 1.54) is 51.4 Å². The van der Waals surface area contributed by atoms with Gasteiger partial charge in [0.25, 0.3) is 0 Å². The molecule has 0 amide bonds. The van der Waals surface area contributed by atoms with Crippen LogP contribution in [0.2, 0.25) is 0 Å². The first kappa shape index (κ1) is 27.1. The number of carbonyl (C=O) groups excluding carboxylic acids is 1.